The van der Waals surface area contributed by atoms with Crippen molar-refractivity contribution in [3.05, 3.63) is 34.1 Å². The Morgan fingerprint density at radius 1 is 1.47 bits per heavy atom. The summed E-state index contributed by atoms with van der Waals surface area (Å²) in [6.07, 6.45) is 3.64. The van der Waals surface area contributed by atoms with Crippen LogP contribution >= 0.6 is 15.9 Å². The van der Waals surface area contributed by atoms with Crippen LogP contribution < -0.4 is 0 Å². The summed E-state index contributed by atoms with van der Waals surface area (Å²) in [5.74, 6) is -0.250. The third-order valence-corrected chi connectivity index (χ3v) is 4.00. The number of rotatable bonds is 2. The number of nitriles is 1. The van der Waals surface area contributed by atoms with Gasteiger partial charge in [-0.05, 0) is 46.8 Å². The summed E-state index contributed by atoms with van der Waals surface area (Å²) in [4.78, 5) is 0. The Balaban J connectivity index is 2.25. The lowest BCUT2D eigenvalue weighted by Gasteiger charge is -2.35. The summed E-state index contributed by atoms with van der Waals surface area (Å²) < 4.78 is 13.8. The second kappa shape index (κ2) is 3.94. The van der Waals surface area contributed by atoms with Gasteiger partial charge in [-0.3, -0.25) is 0 Å². The molecule has 1 saturated carbocycles. The van der Waals surface area contributed by atoms with Gasteiger partial charge < -0.3 is 0 Å². The molecule has 1 aromatic carbocycles. The molecular formula is C12H11BrFN. The van der Waals surface area contributed by atoms with Gasteiger partial charge in [0.25, 0.3) is 0 Å². The van der Waals surface area contributed by atoms with Crippen molar-refractivity contribution in [2.75, 3.05) is 0 Å². The minimum atomic E-state index is -0.250. The molecule has 0 bridgehead atoms. The summed E-state index contributed by atoms with van der Waals surface area (Å²) in [5.41, 5.74) is 0.660. The van der Waals surface area contributed by atoms with E-state index in [1.165, 1.54) is 6.07 Å². The normalized spacial score (nSPS) is 17.9. The predicted molar refractivity (Wildman–Crippen MR) is 59.7 cm³/mol. The first-order chi connectivity index (χ1) is 7.17. The molecule has 0 amide bonds. The third-order valence-electron chi connectivity index (χ3n) is 3.11. The first-order valence-electron chi connectivity index (χ1n) is 5.01. The first kappa shape index (κ1) is 10.6. The number of hydrogen-bond acceptors (Lipinski definition) is 1. The van der Waals surface area contributed by atoms with E-state index in [-0.39, 0.29) is 11.2 Å². The van der Waals surface area contributed by atoms with Gasteiger partial charge in [0, 0.05) is 0 Å². The Morgan fingerprint density at radius 2 is 2.20 bits per heavy atom. The summed E-state index contributed by atoms with van der Waals surface area (Å²) in [6, 6.07) is 7.36. The smallest absolute Gasteiger partial charge is 0.137 e. The highest BCUT2D eigenvalue weighted by Crippen LogP contribution is 2.44. The van der Waals surface area contributed by atoms with Crippen molar-refractivity contribution in [1.29, 1.82) is 5.26 Å². The van der Waals surface area contributed by atoms with Crippen molar-refractivity contribution >= 4 is 15.9 Å². The lowest BCUT2D eigenvalue weighted by atomic mass is 9.66. The van der Waals surface area contributed by atoms with Gasteiger partial charge in [-0.2, -0.15) is 5.26 Å². The second-order valence-corrected chi connectivity index (χ2v) is 4.93. The van der Waals surface area contributed by atoms with Crippen molar-refractivity contribution < 1.29 is 4.39 Å². The molecular weight excluding hydrogens is 257 g/mol. The molecule has 3 heteroatoms. The van der Waals surface area contributed by atoms with Crippen LogP contribution in [0.1, 0.15) is 24.8 Å². The van der Waals surface area contributed by atoms with Gasteiger partial charge in [-0.25, -0.2) is 4.39 Å². The number of benzene rings is 1. The molecule has 0 N–H and O–H groups in total. The Hall–Kier alpha value is -0.880. The van der Waals surface area contributed by atoms with E-state index in [1.807, 2.05) is 6.07 Å². The maximum absolute atomic E-state index is 13.3. The van der Waals surface area contributed by atoms with Crippen LogP contribution in [0.2, 0.25) is 0 Å². The van der Waals surface area contributed by atoms with Gasteiger partial charge in [0.1, 0.15) is 5.82 Å². The zero-order chi connectivity index (χ0) is 10.9. The van der Waals surface area contributed by atoms with E-state index in [0.717, 1.165) is 24.8 Å². The Bertz CT molecular complexity index is 418. The summed E-state index contributed by atoms with van der Waals surface area (Å²) in [6.45, 7) is 0. The van der Waals surface area contributed by atoms with Crippen LogP contribution in [0, 0.1) is 22.6 Å². The minimum absolute atomic E-state index is 0.240. The highest BCUT2D eigenvalue weighted by atomic mass is 79.9. The zero-order valence-electron chi connectivity index (χ0n) is 8.26. The van der Waals surface area contributed by atoms with Crippen LogP contribution in [-0.2, 0) is 6.42 Å². The van der Waals surface area contributed by atoms with Gasteiger partial charge >= 0.3 is 0 Å². The molecule has 15 heavy (non-hydrogen) atoms. The van der Waals surface area contributed by atoms with E-state index >= 15 is 0 Å². The topological polar surface area (TPSA) is 23.8 Å². The highest BCUT2D eigenvalue weighted by Gasteiger charge is 2.37. The van der Waals surface area contributed by atoms with E-state index in [1.54, 1.807) is 6.07 Å². The van der Waals surface area contributed by atoms with Crippen molar-refractivity contribution in [1.82, 2.24) is 0 Å². The fourth-order valence-corrected chi connectivity index (χ4v) is 2.39. The lowest BCUT2D eigenvalue weighted by molar-refractivity contribution is 0.213. The van der Waals surface area contributed by atoms with Gasteiger partial charge in [0.15, 0.2) is 0 Å². The number of hydrogen-bond donors (Lipinski definition) is 0. The molecule has 78 valence electrons. The number of halogens is 2. The molecule has 1 aromatic rings. The second-order valence-electron chi connectivity index (χ2n) is 4.14. The lowest BCUT2D eigenvalue weighted by Crippen LogP contribution is -2.30. The van der Waals surface area contributed by atoms with Crippen LogP contribution in [0.15, 0.2) is 22.7 Å². The highest BCUT2D eigenvalue weighted by molar-refractivity contribution is 9.10. The van der Waals surface area contributed by atoms with Crippen molar-refractivity contribution in [3.63, 3.8) is 0 Å². The monoisotopic (exact) mass is 267 g/mol. The largest absolute Gasteiger partial charge is 0.206 e. The molecule has 2 rings (SSSR count). The fraction of sp³-hybridized carbons (Fsp3) is 0.417. The molecule has 1 aliphatic rings. The molecule has 0 unspecified atom stereocenters. The Kier molecular flexibility index (Phi) is 2.79. The van der Waals surface area contributed by atoms with Gasteiger partial charge in [0.2, 0.25) is 0 Å². The summed E-state index contributed by atoms with van der Waals surface area (Å²) >= 11 is 3.23. The zero-order valence-corrected chi connectivity index (χ0v) is 9.85. The Morgan fingerprint density at radius 3 is 2.73 bits per heavy atom. The van der Waals surface area contributed by atoms with E-state index in [9.17, 15) is 4.39 Å². The summed E-state index contributed by atoms with van der Waals surface area (Å²) in [7, 11) is 0. The molecule has 0 saturated heterocycles. The van der Waals surface area contributed by atoms with Crippen molar-refractivity contribution in [2.45, 2.75) is 25.7 Å². The van der Waals surface area contributed by atoms with Crippen LogP contribution in [0.4, 0.5) is 4.39 Å². The summed E-state index contributed by atoms with van der Waals surface area (Å²) in [5, 5.41) is 9.10. The predicted octanol–water partition coefficient (Wildman–Crippen LogP) is 3.82. The molecule has 0 heterocycles. The maximum atomic E-state index is 13.3. The molecule has 0 aliphatic heterocycles. The van der Waals surface area contributed by atoms with Gasteiger partial charge in [-0.1, -0.05) is 18.6 Å². The van der Waals surface area contributed by atoms with Crippen LogP contribution in [-0.4, -0.2) is 0 Å². The van der Waals surface area contributed by atoms with Crippen LogP contribution in [0.5, 0.6) is 0 Å². The van der Waals surface area contributed by atoms with E-state index in [4.69, 9.17) is 5.26 Å². The van der Waals surface area contributed by atoms with Crippen LogP contribution in [0.25, 0.3) is 0 Å². The molecule has 0 aromatic heterocycles. The van der Waals surface area contributed by atoms with Gasteiger partial charge in [0.05, 0.1) is 16.0 Å². The molecule has 0 radical (unpaired) electrons. The third kappa shape index (κ3) is 1.91. The standard InChI is InChI=1S/C12H11BrFN/c13-11-9(3-1-4-10(11)14)7-12(8-15)5-2-6-12/h1,3-4H,2,5-7H2. The molecule has 0 spiro atoms. The quantitative estimate of drug-likeness (QED) is 0.799. The Labute approximate surface area is 97.0 Å². The van der Waals surface area contributed by atoms with E-state index in [2.05, 4.69) is 22.0 Å². The fourth-order valence-electron chi connectivity index (χ4n) is 1.98. The molecule has 1 fully saturated rings. The SMILES string of the molecule is N#CC1(Cc2cccc(F)c2Br)CCC1. The minimum Gasteiger partial charge on any atom is -0.206 e. The van der Waals surface area contributed by atoms with Gasteiger partial charge in [-0.15, -0.1) is 0 Å². The molecule has 1 aliphatic carbocycles. The van der Waals surface area contributed by atoms with Crippen molar-refractivity contribution in [3.8, 4) is 6.07 Å². The average molecular weight is 268 g/mol. The van der Waals surface area contributed by atoms with E-state index in [0.29, 0.717) is 10.9 Å². The van der Waals surface area contributed by atoms with Crippen molar-refractivity contribution in [2.24, 2.45) is 5.41 Å². The molecule has 0 atom stereocenters. The molecule has 1 nitrogen and oxygen atoms in total. The average Bonchev–Trinajstić information content (AvgIpc) is 2.18. The first-order valence-corrected chi connectivity index (χ1v) is 5.80. The maximum Gasteiger partial charge on any atom is 0.137 e. The number of nitrogens with zero attached hydrogens (tertiary/aromatic N) is 1. The van der Waals surface area contributed by atoms with Crippen LogP contribution in [0.3, 0.4) is 0 Å². The van der Waals surface area contributed by atoms with E-state index < -0.39 is 0 Å².